The Hall–Kier alpha value is -1.18. The molecule has 6 heteroatoms. The summed E-state index contributed by atoms with van der Waals surface area (Å²) in [6.07, 6.45) is 2.75. The average molecular weight is 399 g/mol. The Balaban J connectivity index is 2.53. The van der Waals surface area contributed by atoms with Crippen LogP contribution in [0.25, 0.3) is 11.5 Å². The summed E-state index contributed by atoms with van der Waals surface area (Å²) in [6, 6.07) is 1.97. The molecule has 0 unspecified atom stereocenters. The summed E-state index contributed by atoms with van der Waals surface area (Å²) < 4.78 is 3.05. The van der Waals surface area contributed by atoms with Gasteiger partial charge in [0.15, 0.2) is 5.82 Å². The Bertz CT molecular complexity index is 606. The molecule has 2 aromatic rings. The Morgan fingerprint density at radius 1 is 1.29 bits per heavy atom. The van der Waals surface area contributed by atoms with Gasteiger partial charge in [-0.25, -0.2) is 9.97 Å². The third-order valence-electron chi connectivity index (χ3n) is 3.11. The summed E-state index contributed by atoms with van der Waals surface area (Å²) in [5.74, 6) is 2.23. The smallest absolute Gasteiger partial charge is 0.180 e. The lowest BCUT2D eigenvalue weighted by molar-refractivity contribution is 0.630. The Labute approximate surface area is 139 Å². The second-order valence-electron chi connectivity index (χ2n) is 5.32. The molecule has 5 nitrogen and oxygen atoms in total. The van der Waals surface area contributed by atoms with Crippen LogP contribution in [0.1, 0.15) is 33.4 Å². The van der Waals surface area contributed by atoms with Gasteiger partial charge in [-0.1, -0.05) is 13.8 Å². The van der Waals surface area contributed by atoms with Crippen LogP contribution < -0.4 is 5.32 Å². The third kappa shape index (κ3) is 3.72. The lowest BCUT2D eigenvalue weighted by Gasteiger charge is -2.14. The molecule has 2 heterocycles. The largest absolute Gasteiger partial charge is 0.369 e. The minimum atomic E-state index is 0.562. The zero-order chi connectivity index (χ0) is 15.4. The fraction of sp³-hybridized carbons (Fsp3) is 0.533. The molecule has 0 radical (unpaired) electrons. The minimum absolute atomic E-state index is 0.562. The second kappa shape index (κ2) is 7.20. The molecule has 0 aromatic carbocycles. The van der Waals surface area contributed by atoms with Gasteiger partial charge >= 0.3 is 0 Å². The maximum absolute atomic E-state index is 4.79. The summed E-state index contributed by atoms with van der Waals surface area (Å²) in [7, 11) is 0. The highest BCUT2D eigenvalue weighted by Gasteiger charge is 2.16. The topological polar surface area (TPSA) is 55.6 Å². The highest BCUT2D eigenvalue weighted by molar-refractivity contribution is 14.1. The van der Waals surface area contributed by atoms with Crippen LogP contribution in [0.5, 0.6) is 0 Å². The maximum atomic E-state index is 4.79. The second-order valence-corrected chi connectivity index (χ2v) is 6.40. The average Bonchev–Trinajstić information content (AvgIpc) is 2.91. The van der Waals surface area contributed by atoms with Crippen LogP contribution >= 0.6 is 22.6 Å². The SMILES string of the molecule is CCNc1nc(-c2ccnn2CC)nc(CC(C)C)c1I. The van der Waals surface area contributed by atoms with Crippen LogP contribution in [0.3, 0.4) is 0 Å². The molecular weight excluding hydrogens is 377 g/mol. The van der Waals surface area contributed by atoms with Crippen molar-refractivity contribution in [3.8, 4) is 11.5 Å². The monoisotopic (exact) mass is 399 g/mol. The minimum Gasteiger partial charge on any atom is -0.369 e. The number of nitrogens with zero attached hydrogens (tertiary/aromatic N) is 4. The molecule has 21 heavy (non-hydrogen) atoms. The van der Waals surface area contributed by atoms with Gasteiger partial charge in [-0.05, 0) is 54.8 Å². The van der Waals surface area contributed by atoms with E-state index in [9.17, 15) is 0 Å². The molecule has 0 atom stereocenters. The normalized spacial score (nSPS) is 11.1. The summed E-state index contributed by atoms with van der Waals surface area (Å²) in [5.41, 5.74) is 2.08. The van der Waals surface area contributed by atoms with E-state index in [1.807, 2.05) is 10.7 Å². The molecule has 0 fully saturated rings. The zero-order valence-electron chi connectivity index (χ0n) is 13.0. The van der Waals surface area contributed by atoms with Crippen LogP contribution in [0.2, 0.25) is 0 Å². The zero-order valence-corrected chi connectivity index (χ0v) is 15.2. The first-order valence-electron chi connectivity index (χ1n) is 7.39. The molecule has 0 spiro atoms. The van der Waals surface area contributed by atoms with E-state index in [4.69, 9.17) is 9.97 Å². The third-order valence-corrected chi connectivity index (χ3v) is 4.24. The van der Waals surface area contributed by atoms with Gasteiger partial charge in [0.25, 0.3) is 0 Å². The van der Waals surface area contributed by atoms with Crippen molar-refractivity contribution in [1.82, 2.24) is 19.7 Å². The number of anilines is 1. The van der Waals surface area contributed by atoms with E-state index in [-0.39, 0.29) is 0 Å². The Kier molecular flexibility index (Phi) is 5.55. The number of rotatable bonds is 6. The van der Waals surface area contributed by atoms with Crippen molar-refractivity contribution in [2.75, 3.05) is 11.9 Å². The number of aromatic nitrogens is 4. The van der Waals surface area contributed by atoms with Gasteiger partial charge in [0, 0.05) is 19.3 Å². The molecule has 2 aromatic heterocycles. The molecule has 0 amide bonds. The summed E-state index contributed by atoms with van der Waals surface area (Å²) in [5, 5.41) is 7.66. The lowest BCUT2D eigenvalue weighted by Crippen LogP contribution is -2.11. The van der Waals surface area contributed by atoms with E-state index in [0.717, 1.165) is 46.1 Å². The lowest BCUT2D eigenvalue weighted by atomic mass is 10.1. The van der Waals surface area contributed by atoms with Gasteiger partial charge < -0.3 is 5.32 Å². The van der Waals surface area contributed by atoms with Gasteiger partial charge in [0.2, 0.25) is 0 Å². The van der Waals surface area contributed by atoms with Crippen LogP contribution in [-0.4, -0.2) is 26.3 Å². The van der Waals surface area contributed by atoms with Gasteiger partial charge in [-0.3, -0.25) is 4.68 Å². The van der Waals surface area contributed by atoms with Gasteiger partial charge in [0.05, 0.1) is 9.26 Å². The van der Waals surface area contributed by atoms with Crippen molar-refractivity contribution in [2.45, 2.75) is 40.7 Å². The maximum Gasteiger partial charge on any atom is 0.180 e. The predicted octanol–water partition coefficient (Wildman–Crippen LogP) is 3.59. The standard InChI is InChI=1S/C15H22IN5/c1-5-17-15-13(16)11(9-10(3)4)19-14(20-15)12-7-8-18-21(12)6-2/h7-8,10H,5-6,9H2,1-4H3,(H,17,19,20). The van der Waals surface area contributed by atoms with Gasteiger partial charge in [-0.2, -0.15) is 5.10 Å². The molecule has 1 N–H and O–H groups in total. The quantitative estimate of drug-likeness (QED) is 0.755. The number of hydrogen-bond donors (Lipinski definition) is 1. The van der Waals surface area contributed by atoms with Crippen molar-refractivity contribution < 1.29 is 0 Å². The number of nitrogens with one attached hydrogen (secondary N) is 1. The van der Waals surface area contributed by atoms with Crippen molar-refractivity contribution in [2.24, 2.45) is 5.92 Å². The molecule has 0 saturated carbocycles. The van der Waals surface area contributed by atoms with E-state index in [0.29, 0.717) is 5.92 Å². The highest BCUT2D eigenvalue weighted by Crippen LogP contribution is 2.25. The fourth-order valence-electron chi connectivity index (χ4n) is 2.19. The first-order valence-corrected chi connectivity index (χ1v) is 8.47. The fourth-order valence-corrected chi connectivity index (χ4v) is 2.84. The predicted molar refractivity (Wildman–Crippen MR) is 94.3 cm³/mol. The molecule has 0 bridgehead atoms. The molecule has 0 aliphatic heterocycles. The van der Waals surface area contributed by atoms with E-state index < -0.39 is 0 Å². The van der Waals surface area contributed by atoms with Gasteiger partial charge in [-0.15, -0.1) is 0 Å². The first kappa shape index (κ1) is 16.2. The van der Waals surface area contributed by atoms with Crippen LogP contribution in [0, 0.1) is 9.49 Å². The molecular formula is C15H22IN5. The van der Waals surface area contributed by atoms with Crippen LogP contribution in [-0.2, 0) is 13.0 Å². The molecule has 114 valence electrons. The highest BCUT2D eigenvalue weighted by atomic mass is 127. The van der Waals surface area contributed by atoms with Crippen molar-refractivity contribution in [1.29, 1.82) is 0 Å². The van der Waals surface area contributed by atoms with Gasteiger partial charge in [0.1, 0.15) is 11.5 Å². The van der Waals surface area contributed by atoms with Crippen LogP contribution in [0.15, 0.2) is 12.3 Å². The van der Waals surface area contributed by atoms with Crippen LogP contribution in [0.4, 0.5) is 5.82 Å². The number of halogens is 1. The molecule has 0 aliphatic carbocycles. The number of aryl methyl sites for hydroxylation is 1. The summed E-state index contributed by atoms with van der Waals surface area (Å²) in [6.45, 7) is 10.2. The first-order chi connectivity index (χ1) is 10.1. The van der Waals surface area contributed by atoms with Crippen molar-refractivity contribution >= 4 is 28.4 Å². The number of hydrogen-bond acceptors (Lipinski definition) is 4. The Morgan fingerprint density at radius 3 is 2.67 bits per heavy atom. The van der Waals surface area contributed by atoms with Crippen molar-refractivity contribution in [3.63, 3.8) is 0 Å². The van der Waals surface area contributed by atoms with E-state index in [1.54, 1.807) is 6.20 Å². The Morgan fingerprint density at radius 2 is 2.05 bits per heavy atom. The molecule has 0 saturated heterocycles. The van der Waals surface area contributed by atoms with Crippen molar-refractivity contribution in [3.05, 3.63) is 21.5 Å². The summed E-state index contributed by atoms with van der Waals surface area (Å²) >= 11 is 2.34. The molecule has 0 aliphatic rings. The van der Waals surface area contributed by atoms with E-state index >= 15 is 0 Å². The molecule has 2 rings (SSSR count). The summed E-state index contributed by atoms with van der Waals surface area (Å²) in [4.78, 5) is 9.48. The van der Waals surface area contributed by atoms with E-state index in [1.165, 1.54) is 0 Å². The van der Waals surface area contributed by atoms with E-state index in [2.05, 4.69) is 60.7 Å².